The molecule has 0 aliphatic carbocycles. The van der Waals surface area contributed by atoms with Crippen molar-refractivity contribution < 1.29 is 14.2 Å². The van der Waals surface area contributed by atoms with Crippen LogP contribution in [-0.4, -0.2) is 30.7 Å². The summed E-state index contributed by atoms with van der Waals surface area (Å²) >= 11 is 6.59. The Bertz CT molecular complexity index is 144. The summed E-state index contributed by atoms with van der Waals surface area (Å²) in [5.74, 6) is 0.581. The number of hydrogen-bond acceptors (Lipinski definition) is 5. The maximum Gasteiger partial charge on any atom is 0.247 e. The lowest BCUT2D eigenvalue weighted by atomic mass is 10.9. The van der Waals surface area contributed by atoms with Crippen molar-refractivity contribution in [1.29, 1.82) is 0 Å². The van der Waals surface area contributed by atoms with Gasteiger partial charge >= 0.3 is 0 Å². The van der Waals surface area contributed by atoms with Crippen LogP contribution in [0.2, 0.25) is 0 Å². The van der Waals surface area contributed by atoms with Crippen LogP contribution in [0.15, 0.2) is 0 Å². The Morgan fingerprint density at radius 2 is 1.83 bits per heavy atom. The van der Waals surface area contributed by atoms with Crippen LogP contribution in [0.5, 0.6) is 0 Å². The fourth-order valence-electron chi connectivity index (χ4n) is 0.581. The molecule has 0 atom stereocenters. The topological polar surface area (TPSA) is 38.7 Å². The van der Waals surface area contributed by atoms with E-state index in [9.17, 15) is 0 Å². The minimum absolute atomic E-state index is 0.114. The van der Waals surface area contributed by atoms with Crippen LogP contribution in [0.3, 0.4) is 0 Å². The highest BCUT2D eigenvalue weighted by atomic mass is 32.9. The largest absolute Gasteiger partial charge is 0.396 e. The molecule has 0 amide bonds. The first-order chi connectivity index (χ1) is 5.68. The minimum atomic E-state index is -2.15. The number of aliphatic hydroxyl groups is 1. The Balaban J connectivity index is 3.90. The van der Waals surface area contributed by atoms with Crippen LogP contribution in [0.25, 0.3) is 0 Å². The second kappa shape index (κ2) is 7.30. The molecular weight excluding hydrogens is 215 g/mol. The molecule has 0 aromatic rings. The van der Waals surface area contributed by atoms with Gasteiger partial charge in [-0.25, -0.2) is 0 Å². The predicted molar refractivity (Wildman–Crippen MR) is 57.1 cm³/mol. The van der Waals surface area contributed by atoms with Crippen LogP contribution < -0.4 is 0 Å². The van der Waals surface area contributed by atoms with E-state index in [4.69, 9.17) is 26.0 Å². The molecule has 0 saturated heterocycles. The van der Waals surface area contributed by atoms with Crippen LogP contribution >= 0.6 is 17.1 Å². The Morgan fingerprint density at radius 3 is 2.17 bits per heavy atom. The average Bonchev–Trinajstić information content (AvgIpc) is 2.02. The molecule has 0 aromatic heterocycles. The summed E-state index contributed by atoms with van der Waals surface area (Å²) in [5, 5.41) is 8.61. The lowest BCUT2D eigenvalue weighted by Crippen LogP contribution is -1.94. The highest BCUT2D eigenvalue weighted by Gasteiger charge is 2.17. The molecule has 12 heavy (non-hydrogen) atoms. The quantitative estimate of drug-likeness (QED) is 0.677. The van der Waals surface area contributed by atoms with Gasteiger partial charge in [-0.1, -0.05) is 11.4 Å². The summed E-state index contributed by atoms with van der Waals surface area (Å²) in [6, 6.07) is 0. The smallest absolute Gasteiger partial charge is 0.247 e. The number of hydrogen-bond donors (Lipinski definition) is 1. The molecule has 0 aliphatic heterocycles. The van der Waals surface area contributed by atoms with Crippen LogP contribution in [0.1, 0.15) is 13.8 Å². The van der Waals surface area contributed by atoms with E-state index in [1.165, 1.54) is 11.4 Å². The first-order valence-electron chi connectivity index (χ1n) is 3.83. The van der Waals surface area contributed by atoms with E-state index in [-0.39, 0.29) is 6.61 Å². The Morgan fingerprint density at radius 1 is 1.33 bits per heavy atom. The van der Waals surface area contributed by atoms with Crippen molar-refractivity contribution in [3.05, 3.63) is 0 Å². The van der Waals surface area contributed by atoms with E-state index < -0.39 is 5.69 Å². The summed E-state index contributed by atoms with van der Waals surface area (Å²) in [6.45, 7) is 5.02. The molecule has 0 heterocycles. The van der Waals surface area contributed by atoms with Crippen LogP contribution in [0, 0.1) is 0 Å². The normalized spacial score (nSPS) is 11.9. The third-order valence-corrected chi connectivity index (χ3v) is 6.46. The fraction of sp³-hybridized carbons (Fsp3) is 1.00. The Labute approximate surface area is 82.8 Å². The van der Waals surface area contributed by atoms with Gasteiger partial charge in [0.15, 0.2) is 0 Å². The van der Waals surface area contributed by atoms with Gasteiger partial charge in [-0.3, -0.25) is 0 Å². The maximum atomic E-state index is 8.61. The second-order valence-electron chi connectivity index (χ2n) is 1.84. The molecule has 0 fully saturated rings. The summed E-state index contributed by atoms with van der Waals surface area (Å²) in [7, 11) is 0. The molecular formula is C6H15O3PS2. The van der Waals surface area contributed by atoms with Gasteiger partial charge in [-0.15, -0.1) is 0 Å². The van der Waals surface area contributed by atoms with Crippen molar-refractivity contribution in [1.82, 2.24) is 0 Å². The zero-order valence-electron chi connectivity index (χ0n) is 7.36. The fourth-order valence-corrected chi connectivity index (χ4v) is 5.04. The van der Waals surface area contributed by atoms with E-state index in [1.807, 2.05) is 13.8 Å². The first-order valence-corrected chi connectivity index (χ1v) is 8.06. The predicted octanol–water partition coefficient (Wildman–Crippen LogP) is 2.01. The van der Waals surface area contributed by atoms with Crippen LogP contribution in [-0.2, 0) is 20.9 Å². The Kier molecular flexibility index (Phi) is 7.83. The van der Waals surface area contributed by atoms with Crippen molar-refractivity contribution in [2.45, 2.75) is 13.8 Å². The molecule has 0 rings (SSSR count). The van der Waals surface area contributed by atoms with Crippen molar-refractivity contribution in [2.24, 2.45) is 0 Å². The zero-order valence-corrected chi connectivity index (χ0v) is 9.88. The molecule has 6 heteroatoms. The molecule has 1 N–H and O–H groups in total. The summed E-state index contributed by atoms with van der Waals surface area (Å²) in [4.78, 5) is 0. The van der Waals surface area contributed by atoms with Crippen molar-refractivity contribution in [3.63, 3.8) is 0 Å². The maximum absolute atomic E-state index is 8.61. The van der Waals surface area contributed by atoms with Crippen molar-refractivity contribution in [2.75, 3.05) is 25.6 Å². The van der Waals surface area contributed by atoms with E-state index >= 15 is 0 Å². The van der Waals surface area contributed by atoms with Crippen LogP contribution in [0.4, 0.5) is 0 Å². The van der Waals surface area contributed by atoms with Gasteiger partial charge in [0.25, 0.3) is 0 Å². The number of aliphatic hydroxyl groups excluding tert-OH is 1. The van der Waals surface area contributed by atoms with E-state index in [0.29, 0.717) is 19.0 Å². The highest BCUT2D eigenvalue weighted by molar-refractivity contribution is 8.67. The third kappa shape index (κ3) is 5.51. The molecule has 0 radical (unpaired) electrons. The second-order valence-corrected chi connectivity index (χ2v) is 8.27. The van der Waals surface area contributed by atoms with E-state index in [0.717, 1.165) is 0 Å². The average molecular weight is 230 g/mol. The van der Waals surface area contributed by atoms with E-state index in [1.54, 1.807) is 0 Å². The monoisotopic (exact) mass is 230 g/mol. The molecule has 0 bridgehead atoms. The number of rotatable bonds is 7. The SMILES string of the molecule is CCOP(=S)(OCC)SCCO. The minimum Gasteiger partial charge on any atom is -0.396 e. The summed E-state index contributed by atoms with van der Waals surface area (Å²) in [5.41, 5.74) is -2.15. The molecule has 0 aliphatic rings. The standard InChI is InChI=1S/C6H15O3PS2/c1-3-8-10(11,9-4-2)12-6-5-7/h7H,3-6H2,1-2H3. The van der Waals surface area contributed by atoms with Gasteiger partial charge in [-0.2, -0.15) is 0 Å². The molecule has 0 saturated carbocycles. The van der Waals surface area contributed by atoms with Crippen molar-refractivity contribution >= 4 is 28.9 Å². The zero-order chi connectivity index (χ0) is 9.45. The lowest BCUT2D eigenvalue weighted by Gasteiger charge is -2.19. The molecule has 74 valence electrons. The van der Waals surface area contributed by atoms with Gasteiger partial charge in [0.1, 0.15) is 0 Å². The van der Waals surface area contributed by atoms with Crippen molar-refractivity contribution in [3.8, 4) is 0 Å². The Hall–Kier alpha value is 0.880. The van der Waals surface area contributed by atoms with Gasteiger partial charge in [0, 0.05) is 5.75 Å². The van der Waals surface area contributed by atoms with Gasteiger partial charge in [-0.05, 0) is 25.7 Å². The summed E-state index contributed by atoms with van der Waals surface area (Å²) < 4.78 is 10.7. The molecule has 0 spiro atoms. The lowest BCUT2D eigenvalue weighted by molar-refractivity contribution is 0.280. The van der Waals surface area contributed by atoms with Gasteiger partial charge in [0.2, 0.25) is 5.69 Å². The molecule has 0 unspecified atom stereocenters. The molecule has 0 aromatic carbocycles. The van der Waals surface area contributed by atoms with Gasteiger partial charge in [0.05, 0.1) is 19.8 Å². The highest BCUT2D eigenvalue weighted by Crippen LogP contribution is 2.60. The van der Waals surface area contributed by atoms with Gasteiger partial charge < -0.3 is 14.2 Å². The summed E-state index contributed by atoms with van der Waals surface area (Å²) in [6.07, 6.45) is 0. The third-order valence-electron chi connectivity index (χ3n) is 0.915. The molecule has 3 nitrogen and oxygen atoms in total. The first kappa shape index (κ1) is 12.9. The van der Waals surface area contributed by atoms with E-state index in [2.05, 4.69) is 0 Å².